The van der Waals surface area contributed by atoms with Crippen molar-refractivity contribution in [1.82, 2.24) is 20.6 Å². The molecule has 1 aliphatic heterocycles. The number of anilines is 1. The number of hydrazine groups is 1. The van der Waals surface area contributed by atoms with Crippen LogP contribution >= 0.6 is 11.6 Å². The minimum absolute atomic E-state index is 0.604. The molecule has 0 atom stereocenters. The van der Waals surface area contributed by atoms with Crippen LogP contribution in [0.4, 0.5) is 5.69 Å². The summed E-state index contributed by atoms with van der Waals surface area (Å²) in [5, 5.41) is 19.3. The smallest absolute Gasteiger partial charge is 0.0992 e. The molecular formula is C37H45ClN6O. The number of piperidine rings is 1. The molecule has 6 N–H and O–H groups in total. The SMILES string of the molecule is CCc1ccc(/C=C2\CN(C/C(=C/NCCNc3ccnc4c3CCC(Cl)=C4)NN)C/C(=C\c3ccc(CC)cc3)C2O)cc1. The quantitative estimate of drug-likeness (QED) is 0.0975. The fourth-order valence-electron chi connectivity index (χ4n) is 5.84. The Morgan fingerprint density at radius 2 is 1.56 bits per heavy atom. The second-order valence-electron chi connectivity index (χ2n) is 11.7. The molecule has 5 rings (SSSR count). The summed E-state index contributed by atoms with van der Waals surface area (Å²) in [5.74, 6) is 5.98. The summed E-state index contributed by atoms with van der Waals surface area (Å²) in [6.07, 6.45) is 13.0. The van der Waals surface area contributed by atoms with Gasteiger partial charge in [-0.1, -0.05) is 86.1 Å². The third kappa shape index (κ3) is 8.86. The van der Waals surface area contributed by atoms with Gasteiger partial charge >= 0.3 is 0 Å². The third-order valence-corrected chi connectivity index (χ3v) is 8.73. The number of likely N-dealkylation sites (tertiary alicyclic amines) is 1. The molecule has 1 saturated heterocycles. The zero-order valence-corrected chi connectivity index (χ0v) is 27.1. The molecule has 3 aromatic rings. The predicted molar refractivity (Wildman–Crippen MR) is 188 cm³/mol. The average Bonchev–Trinajstić information content (AvgIpc) is 3.06. The van der Waals surface area contributed by atoms with Crippen molar-refractivity contribution < 1.29 is 5.11 Å². The first-order valence-corrected chi connectivity index (χ1v) is 16.3. The lowest BCUT2D eigenvalue weighted by molar-refractivity contribution is 0.189. The standard InChI is InChI=1S/C37H45ClN6O/c1-3-26-5-9-28(10-6-26)19-30-23-44(24-31(37(30)45)20-29-11-7-27(4-2)8-12-29)25-33(43-39)22-40-17-18-42-35-15-16-41-36-21-32(38)13-14-34(35)36/h5-12,15-16,19-22,37,40,43,45H,3-4,13-14,17-18,23-25,39H2,1-2H3,(H,41,42)/b30-19+,31-20+,33-22-. The van der Waals surface area contributed by atoms with E-state index in [1.807, 2.05) is 24.5 Å². The van der Waals surface area contributed by atoms with Crippen LogP contribution < -0.4 is 21.9 Å². The zero-order chi connectivity index (χ0) is 31.6. The van der Waals surface area contributed by atoms with E-state index in [9.17, 15) is 5.11 Å². The van der Waals surface area contributed by atoms with Crippen LogP contribution in [0.3, 0.4) is 0 Å². The number of nitrogens with two attached hydrogens (primary N) is 1. The second kappa shape index (κ2) is 15.9. The molecule has 8 heteroatoms. The molecule has 0 saturated carbocycles. The highest BCUT2D eigenvalue weighted by Crippen LogP contribution is 2.30. The van der Waals surface area contributed by atoms with E-state index in [0.717, 1.165) is 83.2 Å². The van der Waals surface area contributed by atoms with Crippen LogP contribution in [-0.4, -0.2) is 53.8 Å². The normalized spacial score (nSPS) is 17.7. The van der Waals surface area contributed by atoms with Crippen molar-refractivity contribution in [2.24, 2.45) is 5.84 Å². The van der Waals surface area contributed by atoms with Crippen LogP contribution in [0.1, 0.15) is 53.8 Å². The molecule has 1 aromatic heterocycles. The van der Waals surface area contributed by atoms with Gasteiger partial charge in [-0.15, -0.1) is 0 Å². The van der Waals surface area contributed by atoms with Gasteiger partial charge in [0, 0.05) is 61.4 Å². The Balaban J connectivity index is 1.26. The lowest BCUT2D eigenvalue weighted by Crippen LogP contribution is -2.43. The number of aliphatic hydroxyl groups is 1. The number of aryl methyl sites for hydroxylation is 2. The number of hydrogen-bond donors (Lipinski definition) is 5. The minimum atomic E-state index is -0.647. The Morgan fingerprint density at radius 1 is 0.933 bits per heavy atom. The average molecular weight is 625 g/mol. The van der Waals surface area contributed by atoms with E-state index >= 15 is 0 Å². The number of pyridine rings is 1. The molecule has 2 aliphatic rings. The first-order chi connectivity index (χ1) is 21.9. The third-order valence-electron chi connectivity index (χ3n) is 8.43. The summed E-state index contributed by atoms with van der Waals surface area (Å²) in [7, 11) is 0. The van der Waals surface area contributed by atoms with Gasteiger partial charge in [0.15, 0.2) is 0 Å². The number of halogens is 1. The summed E-state index contributed by atoms with van der Waals surface area (Å²) in [4.78, 5) is 6.77. The van der Waals surface area contributed by atoms with Gasteiger partial charge in [-0.05, 0) is 71.2 Å². The van der Waals surface area contributed by atoms with Crippen LogP contribution in [-0.2, 0) is 19.3 Å². The maximum Gasteiger partial charge on any atom is 0.0992 e. The molecule has 0 amide bonds. The Labute approximate surface area is 272 Å². The summed E-state index contributed by atoms with van der Waals surface area (Å²) in [5.41, 5.74) is 13.7. The van der Waals surface area contributed by atoms with Gasteiger partial charge < -0.3 is 21.2 Å². The first-order valence-electron chi connectivity index (χ1n) is 15.9. The number of nitrogens with zero attached hydrogens (tertiary/aromatic N) is 2. The molecule has 7 nitrogen and oxygen atoms in total. The molecule has 236 valence electrons. The number of allylic oxidation sites excluding steroid dienone is 1. The minimum Gasteiger partial charge on any atom is -0.388 e. The number of nitrogens with one attached hydrogen (secondary N) is 3. The van der Waals surface area contributed by atoms with Gasteiger partial charge in [0.2, 0.25) is 0 Å². The van der Waals surface area contributed by atoms with Crippen LogP contribution in [0.5, 0.6) is 0 Å². The first kappa shape index (κ1) is 32.5. The number of rotatable bonds is 12. The Hall–Kier alpha value is -3.88. The fourth-order valence-corrected chi connectivity index (χ4v) is 6.03. The zero-order valence-electron chi connectivity index (χ0n) is 26.3. The van der Waals surface area contributed by atoms with Crippen LogP contribution in [0.2, 0.25) is 0 Å². The fraction of sp³-hybridized carbons (Fsp3) is 0.324. The van der Waals surface area contributed by atoms with E-state index in [1.165, 1.54) is 16.7 Å². The van der Waals surface area contributed by atoms with Gasteiger partial charge in [-0.25, -0.2) is 0 Å². The maximum atomic E-state index is 11.5. The van der Waals surface area contributed by atoms with Gasteiger partial charge in [0.25, 0.3) is 0 Å². The molecule has 45 heavy (non-hydrogen) atoms. The summed E-state index contributed by atoms with van der Waals surface area (Å²) >= 11 is 6.22. The van der Waals surface area contributed by atoms with Crippen molar-refractivity contribution >= 4 is 35.5 Å². The van der Waals surface area contributed by atoms with Gasteiger partial charge in [0.05, 0.1) is 17.5 Å². The highest BCUT2D eigenvalue weighted by atomic mass is 35.5. The number of fused-ring (bicyclic) bond motifs is 1. The van der Waals surface area contributed by atoms with Gasteiger partial charge in [0.1, 0.15) is 0 Å². The molecule has 0 bridgehead atoms. The second-order valence-corrected chi connectivity index (χ2v) is 12.2. The van der Waals surface area contributed by atoms with Gasteiger partial charge in [-0.2, -0.15) is 0 Å². The topological polar surface area (TPSA) is 98.5 Å². The molecule has 1 fully saturated rings. The monoisotopic (exact) mass is 624 g/mol. The lowest BCUT2D eigenvalue weighted by atomic mass is 9.92. The van der Waals surface area contributed by atoms with Crippen molar-refractivity contribution in [3.8, 4) is 0 Å². The van der Waals surface area contributed by atoms with Crippen LogP contribution in [0.15, 0.2) is 88.9 Å². The van der Waals surface area contributed by atoms with E-state index in [2.05, 4.69) is 100 Å². The van der Waals surface area contributed by atoms with E-state index in [1.54, 1.807) is 0 Å². The predicted octanol–water partition coefficient (Wildman–Crippen LogP) is 5.88. The van der Waals surface area contributed by atoms with E-state index in [4.69, 9.17) is 17.4 Å². The summed E-state index contributed by atoms with van der Waals surface area (Å²) in [6, 6.07) is 19.1. The molecule has 2 heterocycles. The van der Waals surface area contributed by atoms with Crippen molar-refractivity contribution in [3.63, 3.8) is 0 Å². The largest absolute Gasteiger partial charge is 0.388 e. The van der Waals surface area contributed by atoms with Crippen molar-refractivity contribution in [2.75, 3.05) is 38.0 Å². The van der Waals surface area contributed by atoms with Crippen molar-refractivity contribution in [2.45, 2.75) is 45.6 Å². The van der Waals surface area contributed by atoms with Crippen molar-refractivity contribution in [1.29, 1.82) is 0 Å². The lowest BCUT2D eigenvalue weighted by Gasteiger charge is -2.35. The van der Waals surface area contributed by atoms with E-state index in [-0.39, 0.29) is 0 Å². The Bertz CT molecular complexity index is 1490. The van der Waals surface area contributed by atoms with Crippen LogP contribution in [0, 0.1) is 0 Å². The molecule has 0 radical (unpaired) electrons. The summed E-state index contributed by atoms with van der Waals surface area (Å²) < 4.78 is 0. The molecule has 0 spiro atoms. The molecular weight excluding hydrogens is 580 g/mol. The van der Waals surface area contributed by atoms with Gasteiger partial charge in [-0.3, -0.25) is 15.7 Å². The number of aliphatic hydroxyl groups excluding tert-OH is 1. The van der Waals surface area contributed by atoms with E-state index in [0.29, 0.717) is 19.6 Å². The number of benzene rings is 2. The molecule has 2 aromatic carbocycles. The number of aromatic nitrogens is 1. The van der Waals surface area contributed by atoms with E-state index < -0.39 is 6.10 Å². The summed E-state index contributed by atoms with van der Waals surface area (Å²) in [6.45, 7) is 7.64. The highest BCUT2D eigenvalue weighted by Gasteiger charge is 2.27. The Morgan fingerprint density at radius 3 is 2.13 bits per heavy atom. The van der Waals surface area contributed by atoms with Crippen LogP contribution in [0.25, 0.3) is 18.2 Å². The van der Waals surface area contributed by atoms with Crippen molar-refractivity contribution in [3.05, 3.63) is 122 Å². The highest BCUT2D eigenvalue weighted by molar-refractivity contribution is 6.31. The molecule has 1 aliphatic carbocycles. The number of hydrogen-bond acceptors (Lipinski definition) is 7. The molecule has 0 unspecified atom stereocenters. The maximum absolute atomic E-state index is 11.5. The Kier molecular flexibility index (Phi) is 11.5.